The minimum Gasteiger partial charge on any atom is -0.395 e. The van der Waals surface area contributed by atoms with E-state index >= 15 is 0 Å². The molecule has 0 atom stereocenters. The highest BCUT2D eigenvalue weighted by Gasteiger charge is 2.09. The number of nitrogens with zero attached hydrogens (tertiary/aromatic N) is 1. The number of hydrogen-bond donors (Lipinski definition) is 4. The lowest BCUT2D eigenvalue weighted by atomic mass is 10.0. The first kappa shape index (κ1) is 23.3. The molecule has 2 rings (SSSR count). The van der Waals surface area contributed by atoms with E-state index in [-0.39, 0.29) is 6.61 Å². The second kappa shape index (κ2) is 13.3. The summed E-state index contributed by atoms with van der Waals surface area (Å²) in [6, 6.07) is 7.83. The van der Waals surface area contributed by atoms with Gasteiger partial charge in [0.05, 0.1) is 6.61 Å². The molecule has 0 unspecified atom stereocenters. The molecule has 0 spiro atoms. The SMILES string of the molecule is C=C1/C=C\C/C=C\CN/C=C\1CCN(CCO)Cc1ccc(/C=C/C(=O)NO)cc1. The van der Waals surface area contributed by atoms with Gasteiger partial charge in [-0.2, -0.15) is 0 Å². The molecule has 1 amide bonds. The molecule has 1 aromatic carbocycles. The highest BCUT2D eigenvalue weighted by atomic mass is 16.5. The summed E-state index contributed by atoms with van der Waals surface area (Å²) in [6.07, 6.45) is 15.1. The van der Waals surface area contributed by atoms with Crippen molar-refractivity contribution < 1.29 is 15.1 Å². The fourth-order valence-corrected chi connectivity index (χ4v) is 3.04. The van der Waals surface area contributed by atoms with Gasteiger partial charge >= 0.3 is 0 Å². The predicted molar refractivity (Wildman–Crippen MR) is 121 cm³/mol. The maximum absolute atomic E-state index is 11.1. The van der Waals surface area contributed by atoms with Crippen molar-refractivity contribution >= 4 is 12.0 Å². The van der Waals surface area contributed by atoms with E-state index in [1.54, 1.807) is 11.6 Å². The van der Waals surface area contributed by atoms with Crippen molar-refractivity contribution in [3.63, 3.8) is 0 Å². The summed E-state index contributed by atoms with van der Waals surface area (Å²) >= 11 is 0. The van der Waals surface area contributed by atoms with Crippen LogP contribution in [0.15, 0.2) is 78.6 Å². The maximum atomic E-state index is 11.1. The van der Waals surface area contributed by atoms with E-state index in [4.69, 9.17) is 5.21 Å². The molecular formula is C24H31N3O3. The van der Waals surface area contributed by atoms with Crippen LogP contribution in [0.25, 0.3) is 6.08 Å². The van der Waals surface area contributed by atoms with Crippen LogP contribution in [0, 0.1) is 0 Å². The Morgan fingerprint density at radius 2 is 2.00 bits per heavy atom. The Bertz CT molecular complexity index is 807. The number of amides is 1. The molecule has 0 fully saturated rings. The lowest BCUT2D eigenvalue weighted by molar-refractivity contribution is -0.124. The fraction of sp³-hybridized carbons (Fsp3) is 0.292. The summed E-state index contributed by atoms with van der Waals surface area (Å²) in [7, 11) is 0. The minimum absolute atomic E-state index is 0.0973. The first-order chi connectivity index (χ1) is 14.6. The van der Waals surface area contributed by atoms with Crippen molar-refractivity contribution in [1.82, 2.24) is 15.7 Å². The Morgan fingerprint density at radius 1 is 1.20 bits per heavy atom. The van der Waals surface area contributed by atoms with Crippen LogP contribution in [-0.2, 0) is 11.3 Å². The average molecular weight is 410 g/mol. The molecule has 6 heteroatoms. The Morgan fingerprint density at radius 3 is 2.73 bits per heavy atom. The van der Waals surface area contributed by atoms with Gasteiger partial charge in [-0.1, -0.05) is 55.1 Å². The Labute approximate surface area is 178 Å². The van der Waals surface area contributed by atoms with Crippen LogP contribution in [0.4, 0.5) is 0 Å². The smallest absolute Gasteiger partial charge is 0.267 e. The molecular weight excluding hydrogens is 378 g/mol. The summed E-state index contributed by atoms with van der Waals surface area (Å²) in [6.45, 7) is 7.18. The highest BCUT2D eigenvalue weighted by molar-refractivity contribution is 5.90. The third-order valence-corrected chi connectivity index (χ3v) is 4.72. The molecule has 1 aromatic rings. The summed E-state index contributed by atoms with van der Waals surface area (Å²) in [4.78, 5) is 13.3. The van der Waals surface area contributed by atoms with Crippen LogP contribution in [0.2, 0.25) is 0 Å². The topological polar surface area (TPSA) is 84.8 Å². The molecule has 0 saturated carbocycles. The summed E-state index contributed by atoms with van der Waals surface area (Å²) in [5, 5.41) is 21.3. The molecule has 0 bridgehead atoms. The Kier molecular flexibility index (Phi) is 10.4. The monoisotopic (exact) mass is 409 g/mol. The lowest BCUT2D eigenvalue weighted by Gasteiger charge is -2.22. The molecule has 1 aliphatic heterocycles. The number of hydrogen-bond acceptors (Lipinski definition) is 5. The second-order valence-corrected chi connectivity index (χ2v) is 7.01. The van der Waals surface area contributed by atoms with Crippen molar-refractivity contribution in [2.45, 2.75) is 19.4 Å². The van der Waals surface area contributed by atoms with Crippen LogP contribution in [0.1, 0.15) is 24.0 Å². The zero-order valence-corrected chi connectivity index (χ0v) is 17.3. The van der Waals surface area contributed by atoms with Gasteiger partial charge in [0.25, 0.3) is 5.91 Å². The van der Waals surface area contributed by atoms with Gasteiger partial charge in [-0.25, -0.2) is 5.48 Å². The summed E-state index contributed by atoms with van der Waals surface area (Å²) < 4.78 is 0. The van der Waals surface area contributed by atoms with Gasteiger partial charge in [-0.05, 0) is 41.2 Å². The third-order valence-electron chi connectivity index (χ3n) is 4.72. The number of rotatable bonds is 9. The average Bonchev–Trinajstić information content (AvgIpc) is 2.76. The molecule has 0 radical (unpaired) electrons. The van der Waals surface area contributed by atoms with Gasteiger partial charge in [0, 0.05) is 38.5 Å². The van der Waals surface area contributed by atoms with Crippen LogP contribution < -0.4 is 10.8 Å². The van der Waals surface area contributed by atoms with E-state index in [1.165, 1.54) is 6.08 Å². The largest absolute Gasteiger partial charge is 0.395 e. The van der Waals surface area contributed by atoms with Crippen LogP contribution in [-0.4, -0.2) is 47.4 Å². The molecule has 1 heterocycles. The van der Waals surface area contributed by atoms with Gasteiger partial charge in [-0.15, -0.1) is 0 Å². The van der Waals surface area contributed by atoms with E-state index in [2.05, 4.69) is 41.1 Å². The van der Waals surface area contributed by atoms with Crippen LogP contribution in [0.5, 0.6) is 0 Å². The molecule has 4 N–H and O–H groups in total. The van der Waals surface area contributed by atoms with Crippen LogP contribution >= 0.6 is 0 Å². The predicted octanol–water partition coefficient (Wildman–Crippen LogP) is 2.94. The van der Waals surface area contributed by atoms with E-state index in [1.807, 2.05) is 30.5 Å². The third kappa shape index (κ3) is 8.61. The number of carbonyl (C=O) groups is 1. The van der Waals surface area contributed by atoms with Crippen molar-refractivity contribution in [2.24, 2.45) is 0 Å². The van der Waals surface area contributed by atoms with Gasteiger partial charge in [-0.3, -0.25) is 14.9 Å². The zero-order valence-electron chi connectivity index (χ0n) is 17.3. The highest BCUT2D eigenvalue weighted by Crippen LogP contribution is 2.16. The molecule has 0 aliphatic carbocycles. The number of hydroxylamine groups is 1. The number of carbonyl (C=O) groups excluding carboxylic acids is 1. The second-order valence-electron chi connectivity index (χ2n) is 7.01. The first-order valence-corrected chi connectivity index (χ1v) is 10.1. The van der Waals surface area contributed by atoms with E-state index in [9.17, 15) is 9.90 Å². The van der Waals surface area contributed by atoms with Gasteiger partial charge < -0.3 is 10.4 Å². The lowest BCUT2D eigenvalue weighted by Crippen LogP contribution is -2.28. The normalized spacial score (nSPS) is 18.5. The van der Waals surface area contributed by atoms with Crippen LogP contribution in [0.3, 0.4) is 0 Å². The fourth-order valence-electron chi connectivity index (χ4n) is 3.04. The van der Waals surface area contributed by atoms with E-state index < -0.39 is 5.91 Å². The summed E-state index contributed by atoms with van der Waals surface area (Å²) in [5.74, 6) is -0.565. The molecule has 6 nitrogen and oxygen atoms in total. The Balaban J connectivity index is 1.97. The van der Waals surface area contributed by atoms with Crippen molar-refractivity contribution in [3.8, 4) is 0 Å². The Hall–Kier alpha value is -2.93. The number of aliphatic hydroxyl groups excluding tert-OH is 1. The minimum atomic E-state index is -0.565. The first-order valence-electron chi connectivity index (χ1n) is 10.1. The zero-order chi connectivity index (χ0) is 21.6. The van der Waals surface area contributed by atoms with Gasteiger partial charge in [0.1, 0.15) is 0 Å². The maximum Gasteiger partial charge on any atom is 0.267 e. The molecule has 0 saturated heterocycles. The number of benzene rings is 1. The van der Waals surface area contributed by atoms with Crippen molar-refractivity contribution in [2.75, 3.05) is 26.2 Å². The number of allylic oxidation sites excluding steroid dienone is 4. The molecule has 30 heavy (non-hydrogen) atoms. The van der Waals surface area contributed by atoms with Gasteiger partial charge in [0.2, 0.25) is 0 Å². The standard InChI is InChI=1S/C24H31N3O3/c1-20-6-4-2-3-5-14-25-18-23(20)13-15-27(16-17-28)19-22-9-7-21(8-10-22)11-12-24(29)26-30/h3-12,18,25,28,30H,1-2,13-17,19H2,(H,26,29)/b5-3-,6-4-,12-11+,23-18-. The quantitative estimate of drug-likeness (QED) is 0.218. The van der Waals surface area contributed by atoms with Crippen molar-refractivity contribution in [3.05, 3.63) is 89.7 Å². The van der Waals surface area contributed by atoms with E-state index in [0.717, 1.165) is 48.2 Å². The number of aliphatic hydroxyl groups is 1. The number of nitrogens with one attached hydrogen (secondary N) is 2. The molecule has 1 aliphatic rings. The molecule has 0 aromatic heterocycles. The van der Waals surface area contributed by atoms with Gasteiger partial charge in [0.15, 0.2) is 0 Å². The van der Waals surface area contributed by atoms with Crippen molar-refractivity contribution in [1.29, 1.82) is 0 Å². The summed E-state index contributed by atoms with van der Waals surface area (Å²) in [5.41, 5.74) is 5.72. The molecule has 160 valence electrons. The van der Waals surface area contributed by atoms with E-state index in [0.29, 0.717) is 13.1 Å².